The molecule has 3 N–H and O–H groups in total. The maximum Gasteiger partial charge on any atom is 0.300 e. The second-order valence-electron chi connectivity index (χ2n) is 4.54. The number of aryl methyl sites for hydroxylation is 1. The highest BCUT2D eigenvalue weighted by Gasteiger charge is 2.20. The molecule has 1 aromatic rings. The zero-order valence-electron chi connectivity index (χ0n) is 11.9. The van der Waals surface area contributed by atoms with Crippen molar-refractivity contribution in [3.63, 3.8) is 0 Å². The number of aromatic nitrogens is 2. The van der Waals surface area contributed by atoms with Gasteiger partial charge in [-0.2, -0.15) is 0 Å². The molecule has 0 saturated carbocycles. The topological polar surface area (TPSA) is 102 Å². The van der Waals surface area contributed by atoms with Gasteiger partial charge in [-0.25, -0.2) is 0 Å². The lowest BCUT2D eigenvalue weighted by molar-refractivity contribution is -0.134. The molecule has 1 atom stereocenters. The van der Waals surface area contributed by atoms with Crippen molar-refractivity contribution in [3.05, 3.63) is 10.0 Å². The van der Waals surface area contributed by atoms with Gasteiger partial charge in [-0.3, -0.25) is 9.69 Å². The minimum absolute atomic E-state index is 0.285. The Bertz CT molecular complexity index is 407. The first-order valence-corrected chi connectivity index (χ1v) is 7.35. The molecule has 1 unspecified atom stereocenters. The largest absolute Gasteiger partial charge is 0.481 e. The Balaban J connectivity index is 0.000000444. The molecule has 7 nitrogen and oxygen atoms in total. The third-order valence-electron chi connectivity index (χ3n) is 2.64. The van der Waals surface area contributed by atoms with Gasteiger partial charge in [0.15, 0.2) is 0 Å². The summed E-state index contributed by atoms with van der Waals surface area (Å²) in [4.78, 5) is 11.4. The number of morpholine rings is 1. The minimum Gasteiger partial charge on any atom is -0.481 e. The summed E-state index contributed by atoms with van der Waals surface area (Å²) in [5.41, 5.74) is 5.54. The zero-order valence-corrected chi connectivity index (χ0v) is 12.7. The number of nitrogens with zero attached hydrogens (tertiary/aromatic N) is 3. The van der Waals surface area contributed by atoms with Crippen molar-refractivity contribution in [1.29, 1.82) is 0 Å². The molecule has 0 aromatic carbocycles. The maximum absolute atomic E-state index is 9.00. The van der Waals surface area contributed by atoms with Gasteiger partial charge in [-0.15, -0.1) is 21.5 Å². The van der Waals surface area contributed by atoms with Crippen LogP contribution in [0.5, 0.6) is 0 Å². The van der Waals surface area contributed by atoms with E-state index in [1.54, 1.807) is 11.3 Å². The van der Waals surface area contributed by atoms with E-state index >= 15 is 0 Å². The second kappa shape index (κ2) is 8.96. The van der Waals surface area contributed by atoms with E-state index in [1.165, 1.54) is 0 Å². The van der Waals surface area contributed by atoms with E-state index in [9.17, 15) is 0 Å². The van der Waals surface area contributed by atoms with E-state index in [4.69, 9.17) is 20.4 Å². The quantitative estimate of drug-likeness (QED) is 0.834. The Morgan fingerprint density at radius 3 is 2.85 bits per heavy atom. The standard InChI is InChI=1S/C10H18N4OS.C2H4O2/c1-8-12-13-10(16-8)7-14-4-5-15-9(6-14)2-3-11;1-2(3)4/h9H,2-7,11H2,1H3;1H3,(H,3,4). The molecule has 2 rings (SSSR count). The smallest absolute Gasteiger partial charge is 0.300 e. The summed E-state index contributed by atoms with van der Waals surface area (Å²) in [5.74, 6) is -0.833. The number of rotatable bonds is 4. The van der Waals surface area contributed by atoms with E-state index in [-0.39, 0.29) is 6.10 Å². The highest BCUT2D eigenvalue weighted by atomic mass is 32.1. The van der Waals surface area contributed by atoms with Gasteiger partial charge >= 0.3 is 0 Å². The van der Waals surface area contributed by atoms with Crippen molar-refractivity contribution in [2.24, 2.45) is 5.73 Å². The van der Waals surface area contributed by atoms with Crippen LogP contribution in [0.15, 0.2) is 0 Å². The Hall–Kier alpha value is -1.09. The Labute approximate surface area is 122 Å². The van der Waals surface area contributed by atoms with Crippen molar-refractivity contribution in [2.45, 2.75) is 32.9 Å². The number of hydrogen-bond acceptors (Lipinski definition) is 7. The Morgan fingerprint density at radius 1 is 1.60 bits per heavy atom. The lowest BCUT2D eigenvalue weighted by Gasteiger charge is -2.32. The average Bonchev–Trinajstić information content (AvgIpc) is 2.75. The molecule has 0 aliphatic carbocycles. The van der Waals surface area contributed by atoms with Crippen LogP contribution in [0.2, 0.25) is 0 Å². The second-order valence-corrected chi connectivity index (χ2v) is 5.81. The van der Waals surface area contributed by atoms with E-state index in [1.807, 2.05) is 6.92 Å². The summed E-state index contributed by atoms with van der Waals surface area (Å²) >= 11 is 1.67. The van der Waals surface area contributed by atoms with Crippen LogP contribution in [-0.4, -0.2) is 58.5 Å². The number of carbonyl (C=O) groups is 1. The van der Waals surface area contributed by atoms with E-state index in [0.29, 0.717) is 6.54 Å². The number of carboxylic acids is 1. The first-order chi connectivity index (χ1) is 9.51. The predicted molar refractivity (Wildman–Crippen MR) is 76.6 cm³/mol. The number of ether oxygens (including phenoxy) is 1. The van der Waals surface area contributed by atoms with Crippen LogP contribution in [0.3, 0.4) is 0 Å². The molecule has 0 spiro atoms. The summed E-state index contributed by atoms with van der Waals surface area (Å²) in [6, 6.07) is 0. The van der Waals surface area contributed by atoms with Gasteiger partial charge in [0, 0.05) is 20.0 Å². The predicted octanol–water partition coefficient (Wildman–Crippen LogP) is 0.487. The molecule has 0 radical (unpaired) electrons. The van der Waals surface area contributed by atoms with Gasteiger partial charge in [-0.05, 0) is 19.9 Å². The van der Waals surface area contributed by atoms with Crippen LogP contribution < -0.4 is 5.73 Å². The molecular formula is C12H22N4O3S. The molecule has 1 aliphatic rings. The summed E-state index contributed by atoms with van der Waals surface area (Å²) in [6.45, 7) is 7.36. The Morgan fingerprint density at radius 2 is 2.30 bits per heavy atom. The lowest BCUT2D eigenvalue weighted by Crippen LogP contribution is -2.42. The third-order valence-corrected chi connectivity index (χ3v) is 3.46. The van der Waals surface area contributed by atoms with Crippen LogP contribution in [-0.2, 0) is 16.1 Å². The van der Waals surface area contributed by atoms with Crippen LogP contribution in [0.25, 0.3) is 0 Å². The summed E-state index contributed by atoms with van der Waals surface area (Å²) in [5, 5.41) is 17.7. The number of carboxylic acid groups (broad SMARTS) is 1. The fourth-order valence-electron chi connectivity index (χ4n) is 1.88. The lowest BCUT2D eigenvalue weighted by atomic mass is 10.2. The molecule has 114 valence electrons. The zero-order chi connectivity index (χ0) is 15.0. The summed E-state index contributed by atoms with van der Waals surface area (Å²) < 4.78 is 5.64. The van der Waals surface area contributed by atoms with Gasteiger partial charge in [0.1, 0.15) is 10.0 Å². The Kier molecular flexibility index (Phi) is 7.60. The van der Waals surface area contributed by atoms with E-state index in [0.717, 1.165) is 49.6 Å². The molecule has 20 heavy (non-hydrogen) atoms. The molecule has 1 aliphatic heterocycles. The normalized spacial score (nSPS) is 19.2. The molecule has 1 saturated heterocycles. The molecule has 0 amide bonds. The highest BCUT2D eigenvalue weighted by Crippen LogP contribution is 2.14. The fraction of sp³-hybridized carbons (Fsp3) is 0.750. The van der Waals surface area contributed by atoms with Crippen LogP contribution >= 0.6 is 11.3 Å². The van der Waals surface area contributed by atoms with E-state index < -0.39 is 5.97 Å². The molecule has 1 fully saturated rings. The first kappa shape index (κ1) is 17.0. The van der Waals surface area contributed by atoms with E-state index in [2.05, 4.69) is 15.1 Å². The van der Waals surface area contributed by atoms with Gasteiger partial charge in [0.25, 0.3) is 5.97 Å². The van der Waals surface area contributed by atoms with Crippen LogP contribution in [0.1, 0.15) is 23.4 Å². The van der Waals surface area contributed by atoms with Crippen molar-refractivity contribution in [1.82, 2.24) is 15.1 Å². The number of nitrogens with two attached hydrogens (primary N) is 1. The van der Waals surface area contributed by atoms with Crippen molar-refractivity contribution < 1.29 is 14.6 Å². The summed E-state index contributed by atoms with van der Waals surface area (Å²) in [7, 11) is 0. The molecule has 2 heterocycles. The van der Waals surface area contributed by atoms with Crippen LogP contribution in [0, 0.1) is 6.92 Å². The highest BCUT2D eigenvalue weighted by molar-refractivity contribution is 7.11. The average molecular weight is 302 g/mol. The van der Waals surface area contributed by atoms with Crippen molar-refractivity contribution >= 4 is 17.3 Å². The minimum atomic E-state index is -0.833. The van der Waals surface area contributed by atoms with Gasteiger partial charge in [-0.1, -0.05) is 0 Å². The molecule has 8 heteroatoms. The van der Waals surface area contributed by atoms with Crippen LogP contribution in [0.4, 0.5) is 0 Å². The number of aliphatic carboxylic acids is 1. The SMILES string of the molecule is CC(=O)O.Cc1nnc(CN2CCOC(CCN)C2)s1. The molecular weight excluding hydrogens is 280 g/mol. The number of hydrogen-bond donors (Lipinski definition) is 2. The first-order valence-electron chi connectivity index (χ1n) is 6.53. The molecule has 1 aromatic heterocycles. The summed E-state index contributed by atoms with van der Waals surface area (Å²) in [6.07, 6.45) is 1.22. The fourth-order valence-corrected chi connectivity index (χ4v) is 2.63. The van der Waals surface area contributed by atoms with Gasteiger partial charge in [0.2, 0.25) is 0 Å². The van der Waals surface area contributed by atoms with Gasteiger partial charge < -0.3 is 15.6 Å². The van der Waals surface area contributed by atoms with Crippen molar-refractivity contribution in [2.75, 3.05) is 26.2 Å². The maximum atomic E-state index is 9.00. The third kappa shape index (κ3) is 6.90. The monoisotopic (exact) mass is 302 g/mol. The molecule has 0 bridgehead atoms. The van der Waals surface area contributed by atoms with Gasteiger partial charge in [0.05, 0.1) is 19.3 Å². The van der Waals surface area contributed by atoms with Crippen molar-refractivity contribution in [3.8, 4) is 0 Å².